The van der Waals surface area contributed by atoms with Crippen LogP contribution in [0.25, 0.3) is 0 Å². The van der Waals surface area contributed by atoms with Crippen molar-refractivity contribution in [1.82, 2.24) is 0 Å². The van der Waals surface area contributed by atoms with Crippen LogP contribution in [0.15, 0.2) is 48.5 Å². The van der Waals surface area contributed by atoms with Crippen molar-refractivity contribution < 1.29 is 9.90 Å². The van der Waals surface area contributed by atoms with E-state index in [0.29, 0.717) is 0 Å². The summed E-state index contributed by atoms with van der Waals surface area (Å²) in [5.74, 6) is -0.786. The molecule has 0 fully saturated rings. The molecule has 0 heterocycles. The van der Waals surface area contributed by atoms with E-state index in [1.807, 2.05) is 24.3 Å². The van der Waals surface area contributed by atoms with Gasteiger partial charge in [-0.05, 0) is 30.0 Å². The molecule has 2 heteroatoms. The third kappa shape index (κ3) is 3.20. The van der Waals surface area contributed by atoms with Crippen LogP contribution in [-0.2, 0) is 17.6 Å². The lowest BCUT2D eigenvalue weighted by atomic mass is 9.97. The Hall–Kier alpha value is -2.09. The first-order chi connectivity index (χ1) is 8.65. The number of carboxylic acids is 1. The summed E-state index contributed by atoms with van der Waals surface area (Å²) >= 11 is 0. The second kappa shape index (κ2) is 5.50. The first-order valence-corrected chi connectivity index (χ1v) is 5.99. The van der Waals surface area contributed by atoms with Crippen LogP contribution >= 0.6 is 0 Å². The molecule has 2 aromatic carbocycles. The van der Waals surface area contributed by atoms with E-state index in [4.69, 9.17) is 5.11 Å². The minimum absolute atomic E-state index is 0.0854. The molecule has 0 atom stereocenters. The standard InChI is InChI=1S/C16H16O2/c1-12-6-8-13(9-7-12)10-14-4-2-3-5-15(14)11-16(17)18/h2-9H,10-11H2,1H3,(H,17,18). The van der Waals surface area contributed by atoms with Crippen molar-refractivity contribution in [2.75, 3.05) is 0 Å². The Balaban J connectivity index is 2.23. The van der Waals surface area contributed by atoms with Gasteiger partial charge in [0.2, 0.25) is 0 Å². The monoisotopic (exact) mass is 240 g/mol. The molecule has 92 valence electrons. The van der Waals surface area contributed by atoms with Gasteiger partial charge in [-0.1, -0.05) is 54.1 Å². The molecular formula is C16H16O2. The van der Waals surface area contributed by atoms with Crippen LogP contribution in [0, 0.1) is 6.92 Å². The van der Waals surface area contributed by atoms with Gasteiger partial charge in [0, 0.05) is 0 Å². The highest BCUT2D eigenvalue weighted by Gasteiger charge is 2.06. The molecule has 2 nitrogen and oxygen atoms in total. The van der Waals surface area contributed by atoms with E-state index in [1.54, 1.807) is 0 Å². The van der Waals surface area contributed by atoms with Gasteiger partial charge in [0.05, 0.1) is 6.42 Å². The lowest BCUT2D eigenvalue weighted by Gasteiger charge is -2.08. The number of rotatable bonds is 4. The summed E-state index contributed by atoms with van der Waals surface area (Å²) in [6, 6.07) is 16.1. The van der Waals surface area contributed by atoms with Gasteiger partial charge < -0.3 is 5.11 Å². The number of aliphatic carboxylic acids is 1. The van der Waals surface area contributed by atoms with Gasteiger partial charge in [-0.25, -0.2) is 0 Å². The average molecular weight is 240 g/mol. The molecule has 1 N–H and O–H groups in total. The Labute approximate surface area is 107 Å². The predicted molar refractivity (Wildman–Crippen MR) is 71.8 cm³/mol. The first-order valence-electron chi connectivity index (χ1n) is 5.99. The minimum atomic E-state index is -0.786. The second-order valence-electron chi connectivity index (χ2n) is 4.50. The zero-order valence-electron chi connectivity index (χ0n) is 10.4. The van der Waals surface area contributed by atoms with Crippen molar-refractivity contribution in [1.29, 1.82) is 0 Å². The molecule has 0 aliphatic heterocycles. The zero-order valence-corrected chi connectivity index (χ0v) is 10.4. The predicted octanol–water partition coefficient (Wildman–Crippen LogP) is 3.21. The highest BCUT2D eigenvalue weighted by Crippen LogP contribution is 2.15. The van der Waals surface area contributed by atoms with E-state index >= 15 is 0 Å². The molecule has 0 saturated heterocycles. The number of aryl methyl sites for hydroxylation is 1. The SMILES string of the molecule is Cc1ccc(Cc2ccccc2CC(=O)O)cc1. The fourth-order valence-electron chi connectivity index (χ4n) is 1.99. The molecule has 2 aromatic rings. The number of hydrogen-bond donors (Lipinski definition) is 1. The van der Waals surface area contributed by atoms with Gasteiger partial charge in [0.25, 0.3) is 0 Å². The topological polar surface area (TPSA) is 37.3 Å². The van der Waals surface area contributed by atoms with Crippen LogP contribution in [0.4, 0.5) is 0 Å². The van der Waals surface area contributed by atoms with E-state index in [1.165, 1.54) is 11.1 Å². The van der Waals surface area contributed by atoms with Crippen LogP contribution in [-0.4, -0.2) is 11.1 Å². The number of benzene rings is 2. The molecule has 0 saturated carbocycles. The molecule has 0 aromatic heterocycles. The summed E-state index contributed by atoms with van der Waals surface area (Å²) in [6.07, 6.45) is 0.867. The van der Waals surface area contributed by atoms with Crippen molar-refractivity contribution in [3.8, 4) is 0 Å². The summed E-state index contributed by atoms with van der Waals surface area (Å²) < 4.78 is 0. The Morgan fingerprint density at radius 2 is 1.61 bits per heavy atom. The van der Waals surface area contributed by atoms with Gasteiger partial charge >= 0.3 is 5.97 Å². The van der Waals surface area contributed by atoms with Gasteiger partial charge in [-0.2, -0.15) is 0 Å². The molecule has 0 aliphatic rings. The molecule has 0 radical (unpaired) electrons. The van der Waals surface area contributed by atoms with Crippen molar-refractivity contribution in [3.05, 3.63) is 70.8 Å². The van der Waals surface area contributed by atoms with E-state index in [-0.39, 0.29) is 6.42 Å². The highest BCUT2D eigenvalue weighted by atomic mass is 16.4. The Kier molecular flexibility index (Phi) is 3.78. The van der Waals surface area contributed by atoms with Gasteiger partial charge in [-0.3, -0.25) is 4.79 Å². The molecule has 0 aliphatic carbocycles. The lowest BCUT2D eigenvalue weighted by molar-refractivity contribution is -0.136. The van der Waals surface area contributed by atoms with Crippen molar-refractivity contribution >= 4 is 5.97 Å². The first kappa shape index (κ1) is 12.4. The number of carbonyl (C=O) groups is 1. The van der Waals surface area contributed by atoms with E-state index < -0.39 is 5.97 Å². The molecule has 18 heavy (non-hydrogen) atoms. The molecule has 2 rings (SSSR count). The zero-order chi connectivity index (χ0) is 13.0. The van der Waals surface area contributed by atoms with E-state index in [9.17, 15) is 4.79 Å². The Morgan fingerprint density at radius 3 is 2.22 bits per heavy atom. The fraction of sp³-hybridized carbons (Fsp3) is 0.188. The maximum absolute atomic E-state index is 10.8. The summed E-state index contributed by atoms with van der Waals surface area (Å²) in [4.78, 5) is 10.8. The molecule has 0 bridgehead atoms. The summed E-state index contributed by atoms with van der Waals surface area (Å²) in [7, 11) is 0. The van der Waals surface area contributed by atoms with Crippen molar-refractivity contribution in [2.45, 2.75) is 19.8 Å². The molecule has 0 amide bonds. The Morgan fingerprint density at radius 1 is 1.00 bits per heavy atom. The summed E-state index contributed by atoms with van der Waals surface area (Å²) in [5, 5.41) is 8.89. The van der Waals surface area contributed by atoms with Gasteiger partial charge in [0.1, 0.15) is 0 Å². The normalized spacial score (nSPS) is 10.3. The van der Waals surface area contributed by atoms with Crippen LogP contribution in [0.2, 0.25) is 0 Å². The number of hydrogen-bond acceptors (Lipinski definition) is 1. The highest BCUT2D eigenvalue weighted by molar-refractivity contribution is 5.70. The van der Waals surface area contributed by atoms with Gasteiger partial charge in [0.15, 0.2) is 0 Å². The third-order valence-corrected chi connectivity index (χ3v) is 2.98. The summed E-state index contributed by atoms with van der Waals surface area (Å²) in [5.41, 5.74) is 4.42. The largest absolute Gasteiger partial charge is 0.481 e. The fourth-order valence-corrected chi connectivity index (χ4v) is 1.99. The molecule has 0 unspecified atom stereocenters. The Bertz CT molecular complexity index is 541. The van der Waals surface area contributed by atoms with E-state index in [0.717, 1.165) is 17.5 Å². The molecule has 0 spiro atoms. The third-order valence-electron chi connectivity index (χ3n) is 2.98. The lowest BCUT2D eigenvalue weighted by Crippen LogP contribution is -2.04. The minimum Gasteiger partial charge on any atom is -0.481 e. The quantitative estimate of drug-likeness (QED) is 0.891. The van der Waals surface area contributed by atoms with Crippen LogP contribution in [0.5, 0.6) is 0 Å². The van der Waals surface area contributed by atoms with E-state index in [2.05, 4.69) is 31.2 Å². The average Bonchev–Trinajstić information content (AvgIpc) is 2.34. The van der Waals surface area contributed by atoms with Crippen molar-refractivity contribution in [3.63, 3.8) is 0 Å². The maximum Gasteiger partial charge on any atom is 0.307 e. The van der Waals surface area contributed by atoms with Crippen LogP contribution < -0.4 is 0 Å². The van der Waals surface area contributed by atoms with Crippen LogP contribution in [0.3, 0.4) is 0 Å². The van der Waals surface area contributed by atoms with Gasteiger partial charge in [-0.15, -0.1) is 0 Å². The molecular weight excluding hydrogens is 224 g/mol. The smallest absolute Gasteiger partial charge is 0.307 e. The second-order valence-corrected chi connectivity index (χ2v) is 4.50. The summed E-state index contributed by atoms with van der Waals surface area (Å²) in [6.45, 7) is 2.06. The maximum atomic E-state index is 10.8. The van der Waals surface area contributed by atoms with Crippen LogP contribution in [0.1, 0.15) is 22.3 Å². The number of carboxylic acid groups (broad SMARTS) is 1. The van der Waals surface area contributed by atoms with Crippen molar-refractivity contribution in [2.24, 2.45) is 0 Å².